The SMILES string of the molecule is C1CC(CNC2CCOC2C2CC2)CCO1. The van der Waals surface area contributed by atoms with E-state index in [-0.39, 0.29) is 0 Å². The molecule has 2 atom stereocenters. The summed E-state index contributed by atoms with van der Waals surface area (Å²) < 4.78 is 11.2. The Bertz CT molecular complexity index is 224. The van der Waals surface area contributed by atoms with E-state index in [0.29, 0.717) is 12.1 Å². The van der Waals surface area contributed by atoms with Gasteiger partial charge in [-0.3, -0.25) is 0 Å². The third-order valence-corrected chi connectivity index (χ3v) is 4.23. The van der Waals surface area contributed by atoms with E-state index in [1.165, 1.54) is 38.6 Å². The lowest BCUT2D eigenvalue weighted by atomic mass is 9.99. The Morgan fingerprint density at radius 3 is 2.50 bits per heavy atom. The maximum Gasteiger partial charge on any atom is 0.0756 e. The first-order valence-electron chi connectivity index (χ1n) is 6.86. The molecule has 3 nitrogen and oxygen atoms in total. The quantitative estimate of drug-likeness (QED) is 0.788. The van der Waals surface area contributed by atoms with E-state index in [4.69, 9.17) is 9.47 Å². The molecule has 92 valence electrons. The van der Waals surface area contributed by atoms with E-state index >= 15 is 0 Å². The molecule has 3 rings (SSSR count). The van der Waals surface area contributed by atoms with Crippen LogP contribution in [0.5, 0.6) is 0 Å². The molecular weight excluding hydrogens is 202 g/mol. The van der Waals surface area contributed by atoms with Crippen LogP contribution in [-0.4, -0.2) is 38.5 Å². The Morgan fingerprint density at radius 2 is 1.75 bits per heavy atom. The summed E-state index contributed by atoms with van der Waals surface area (Å²) in [4.78, 5) is 0. The highest BCUT2D eigenvalue weighted by molar-refractivity contribution is 4.93. The molecule has 2 aliphatic heterocycles. The molecule has 16 heavy (non-hydrogen) atoms. The Balaban J connectivity index is 1.42. The van der Waals surface area contributed by atoms with Gasteiger partial charge in [0.15, 0.2) is 0 Å². The highest BCUT2D eigenvalue weighted by Crippen LogP contribution is 2.38. The monoisotopic (exact) mass is 225 g/mol. The highest BCUT2D eigenvalue weighted by Gasteiger charge is 2.40. The maximum atomic E-state index is 5.84. The topological polar surface area (TPSA) is 30.5 Å². The standard InChI is InChI=1S/C13H23NO2/c1-2-11(1)13-12(5-8-16-13)14-9-10-3-6-15-7-4-10/h10-14H,1-9H2. The molecule has 1 N–H and O–H groups in total. The van der Waals surface area contributed by atoms with Crippen molar-refractivity contribution in [1.29, 1.82) is 0 Å². The number of hydrogen-bond acceptors (Lipinski definition) is 3. The molecule has 2 heterocycles. The average molecular weight is 225 g/mol. The first-order valence-corrected chi connectivity index (χ1v) is 6.86. The van der Waals surface area contributed by atoms with Gasteiger partial charge in [-0.1, -0.05) is 0 Å². The van der Waals surface area contributed by atoms with Gasteiger partial charge in [-0.2, -0.15) is 0 Å². The van der Waals surface area contributed by atoms with Gasteiger partial charge in [0.05, 0.1) is 6.10 Å². The van der Waals surface area contributed by atoms with Crippen molar-refractivity contribution in [2.24, 2.45) is 11.8 Å². The second-order valence-corrected chi connectivity index (χ2v) is 5.53. The summed E-state index contributed by atoms with van der Waals surface area (Å²) in [5.74, 6) is 1.70. The van der Waals surface area contributed by atoms with Crippen LogP contribution in [0.15, 0.2) is 0 Å². The lowest BCUT2D eigenvalue weighted by molar-refractivity contribution is 0.0595. The normalized spacial score (nSPS) is 36.8. The van der Waals surface area contributed by atoms with E-state index in [9.17, 15) is 0 Å². The van der Waals surface area contributed by atoms with Crippen molar-refractivity contribution in [3.8, 4) is 0 Å². The number of nitrogens with one attached hydrogen (secondary N) is 1. The molecular formula is C13H23NO2. The molecule has 2 unspecified atom stereocenters. The molecule has 3 aliphatic rings. The summed E-state index contributed by atoms with van der Waals surface area (Å²) in [6.07, 6.45) is 6.98. The second kappa shape index (κ2) is 5.03. The van der Waals surface area contributed by atoms with Gasteiger partial charge in [0.25, 0.3) is 0 Å². The Kier molecular flexibility index (Phi) is 3.46. The fraction of sp³-hybridized carbons (Fsp3) is 1.00. The van der Waals surface area contributed by atoms with Crippen LogP contribution >= 0.6 is 0 Å². The lowest BCUT2D eigenvalue weighted by Crippen LogP contribution is -2.41. The van der Waals surface area contributed by atoms with Crippen LogP contribution in [0.1, 0.15) is 32.1 Å². The fourth-order valence-corrected chi connectivity index (χ4v) is 2.99. The highest BCUT2D eigenvalue weighted by atomic mass is 16.5. The first kappa shape index (κ1) is 11.0. The van der Waals surface area contributed by atoms with Gasteiger partial charge in [-0.15, -0.1) is 0 Å². The molecule has 0 spiro atoms. The zero-order valence-corrected chi connectivity index (χ0v) is 9.99. The molecule has 0 aromatic rings. The van der Waals surface area contributed by atoms with Crippen molar-refractivity contribution in [3.05, 3.63) is 0 Å². The van der Waals surface area contributed by atoms with Gasteiger partial charge in [0.1, 0.15) is 0 Å². The molecule has 0 aromatic carbocycles. The summed E-state index contributed by atoms with van der Waals surface area (Å²) in [6, 6.07) is 0.635. The molecule has 0 amide bonds. The summed E-state index contributed by atoms with van der Waals surface area (Å²) in [7, 11) is 0. The molecule has 3 heteroatoms. The minimum Gasteiger partial charge on any atom is -0.381 e. The summed E-state index contributed by atoms with van der Waals surface area (Å²) >= 11 is 0. The van der Waals surface area contributed by atoms with Gasteiger partial charge >= 0.3 is 0 Å². The molecule has 1 saturated carbocycles. The minimum absolute atomic E-state index is 0.528. The van der Waals surface area contributed by atoms with Crippen molar-refractivity contribution in [2.75, 3.05) is 26.4 Å². The molecule has 0 radical (unpaired) electrons. The minimum atomic E-state index is 0.528. The largest absolute Gasteiger partial charge is 0.381 e. The smallest absolute Gasteiger partial charge is 0.0756 e. The van der Waals surface area contributed by atoms with Crippen molar-refractivity contribution < 1.29 is 9.47 Å². The predicted molar refractivity (Wildman–Crippen MR) is 62.4 cm³/mol. The Hall–Kier alpha value is -0.120. The van der Waals surface area contributed by atoms with Crippen LogP contribution in [0.25, 0.3) is 0 Å². The zero-order chi connectivity index (χ0) is 10.8. The van der Waals surface area contributed by atoms with Gasteiger partial charge in [-0.25, -0.2) is 0 Å². The molecule has 2 saturated heterocycles. The molecule has 0 bridgehead atoms. The third-order valence-electron chi connectivity index (χ3n) is 4.23. The van der Waals surface area contributed by atoms with Gasteiger partial charge in [0.2, 0.25) is 0 Å². The van der Waals surface area contributed by atoms with Crippen molar-refractivity contribution in [2.45, 2.75) is 44.2 Å². The van der Waals surface area contributed by atoms with Crippen LogP contribution in [0.3, 0.4) is 0 Å². The Morgan fingerprint density at radius 1 is 0.938 bits per heavy atom. The molecule has 1 aliphatic carbocycles. The van der Waals surface area contributed by atoms with Crippen LogP contribution in [0.2, 0.25) is 0 Å². The van der Waals surface area contributed by atoms with E-state index < -0.39 is 0 Å². The van der Waals surface area contributed by atoms with E-state index in [2.05, 4.69) is 5.32 Å². The van der Waals surface area contributed by atoms with Gasteiger partial charge in [0, 0.05) is 25.9 Å². The van der Waals surface area contributed by atoms with Crippen LogP contribution in [-0.2, 0) is 9.47 Å². The lowest BCUT2D eigenvalue weighted by Gasteiger charge is -2.26. The van der Waals surface area contributed by atoms with Crippen LogP contribution in [0, 0.1) is 11.8 Å². The number of ether oxygens (including phenoxy) is 2. The summed E-state index contributed by atoms with van der Waals surface area (Å²) in [6.45, 7) is 4.05. The van der Waals surface area contributed by atoms with E-state index in [0.717, 1.165) is 31.7 Å². The van der Waals surface area contributed by atoms with Crippen LogP contribution in [0.4, 0.5) is 0 Å². The molecule has 3 fully saturated rings. The van der Waals surface area contributed by atoms with Gasteiger partial charge in [-0.05, 0) is 50.5 Å². The average Bonchev–Trinajstić information content (AvgIpc) is 3.07. The van der Waals surface area contributed by atoms with Gasteiger partial charge < -0.3 is 14.8 Å². The second-order valence-electron chi connectivity index (χ2n) is 5.53. The first-order chi connectivity index (χ1) is 7.93. The van der Waals surface area contributed by atoms with Crippen molar-refractivity contribution >= 4 is 0 Å². The van der Waals surface area contributed by atoms with E-state index in [1.54, 1.807) is 0 Å². The van der Waals surface area contributed by atoms with Crippen molar-refractivity contribution in [1.82, 2.24) is 5.32 Å². The zero-order valence-electron chi connectivity index (χ0n) is 9.99. The van der Waals surface area contributed by atoms with E-state index in [1.807, 2.05) is 0 Å². The number of hydrogen-bond donors (Lipinski definition) is 1. The summed E-state index contributed by atoms with van der Waals surface area (Å²) in [5, 5.41) is 3.74. The fourth-order valence-electron chi connectivity index (χ4n) is 2.99. The predicted octanol–water partition coefficient (Wildman–Crippen LogP) is 1.57. The maximum absolute atomic E-state index is 5.84. The third kappa shape index (κ3) is 2.58. The van der Waals surface area contributed by atoms with Crippen molar-refractivity contribution in [3.63, 3.8) is 0 Å². The Labute approximate surface area is 97.9 Å². The molecule has 0 aromatic heterocycles. The summed E-state index contributed by atoms with van der Waals surface area (Å²) in [5.41, 5.74) is 0. The number of rotatable bonds is 4. The van der Waals surface area contributed by atoms with Crippen LogP contribution < -0.4 is 5.32 Å².